The van der Waals surface area contributed by atoms with E-state index < -0.39 is 0 Å². The maximum absolute atomic E-state index is 9.16. The third kappa shape index (κ3) is 2.40. The molecule has 0 fully saturated rings. The van der Waals surface area contributed by atoms with E-state index in [1.807, 2.05) is 0 Å². The first-order valence-corrected chi connectivity index (χ1v) is 5.35. The standard InChI is InChI=1S/C13H21NO.ClH/c1-7-8(2)10(4)13(12(14)6-15)11(5)9(7)3;/h12,15H,6,14H2,1-5H3;1H/t12-;/m0./s1. The quantitative estimate of drug-likeness (QED) is 0.839. The number of aliphatic hydroxyl groups excluding tert-OH is 1. The average Bonchev–Trinajstić information content (AvgIpc) is 2.23. The molecule has 0 aliphatic rings. The topological polar surface area (TPSA) is 46.2 Å². The molecule has 0 amide bonds. The van der Waals surface area contributed by atoms with Gasteiger partial charge >= 0.3 is 0 Å². The Hall–Kier alpha value is -0.570. The Bertz CT molecular complexity index is 359. The molecule has 16 heavy (non-hydrogen) atoms. The predicted octanol–water partition coefficient (Wildman–Crippen LogP) is 2.64. The highest BCUT2D eigenvalue weighted by Gasteiger charge is 2.16. The van der Waals surface area contributed by atoms with E-state index in [0.29, 0.717) is 0 Å². The first-order valence-electron chi connectivity index (χ1n) is 5.35. The summed E-state index contributed by atoms with van der Waals surface area (Å²) in [5, 5.41) is 9.16. The van der Waals surface area contributed by atoms with Crippen LogP contribution in [0.1, 0.15) is 39.4 Å². The van der Waals surface area contributed by atoms with E-state index in [0.717, 1.165) is 5.56 Å². The van der Waals surface area contributed by atoms with Crippen molar-refractivity contribution in [1.82, 2.24) is 0 Å². The summed E-state index contributed by atoms with van der Waals surface area (Å²) in [6.07, 6.45) is 0. The Balaban J connectivity index is 0.00000225. The second kappa shape index (κ2) is 5.67. The molecule has 92 valence electrons. The molecular weight excluding hydrogens is 222 g/mol. The molecule has 0 spiro atoms. The molecule has 0 aliphatic heterocycles. The van der Waals surface area contributed by atoms with Gasteiger partial charge in [0.25, 0.3) is 0 Å². The molecule has 1 aromatic carbocycles. The highest BCUT2D eigenvalue weighted by Crippen LogP contribution is 2.29. The second-order valence-corrected chi connectivity index (χ2v) is 4.33. The molecule has 0 bridgehead atoms. The molecule has 1 atom stereocenters. The van der Waals surface area contributed by atoms with Crippen molar-refractivity contribution in [2.75, 3.05) is 6.61 Å². The molecule has 1 rings (SSSR count). The van der Waals surface area contributed by atoms with E-state index >= 15 is 0 Å². The second-order valence-electron chi connectivity index (χ2n) is 4.33. The zero-order chi connectivity index (χ0) is 11.7. The van der Waals surface area contributed by atoms with Gasteiger partial charge in [-0.2, -0.15) is 0 Å². The molecule has 1 aromatic rings. The van der Waals surface area contributed by atoms with Crippen LogP contribution < -0.4 is 5.73 Å². The molecule has 0 heterocycles. The van der Waals surface area contributed by atoms with Gasteiger partial charge in [-0.15, -0.1) is 12.4 Å². The van der Waals surface area contributed by atoms with E-state index in [1.54, 1.807) is 0 Å². The van der Waals surface area contributed by atoms with Crippen LogP contribution in [0.3, 0.4) is 0 Å². The highest BCUT2D eigenvalue weighted by atomic mass is 35.5. The third-order valence-corrected chi connectivity index (χ3v) is 3.63. The minimum absolute atomic E-state index is 0. The van der Waals surface area contributed by atoms with Crippen LogP contribution in [0.15, 0.2) is 0 Å². The first kappa shape index (κ1) is 15.4. The fourth-order valence-corrected chi connectivity index (χ4v) is 2.18. The molecular formula is C13H22ClNO. The van der Waals surface area contributed by atoms with Crippen molar-refractivity contribution in [1.29, 1.82) is 0 Å². The van der Waals surface area contributed by atoms with Crippen molar-refractivity contribution in [3.63, 3.8) is 0 Å². The lowest BCUT2D eigenvalue weighted by Crippen LogP contribution is -2.19. The lowest BCUT2D eigenvalue weighted by Gasteiger charge is -2.21. The van der Waals surface area contributed by atoms with Gasteiger partial charge in [-0.25, -0.2) is 0 Å². The summed E-state index contributed by atoms with van der Waals surface area (Å²) in [6, 6.07) is -0.261. The van der Waals surface area contributed by atoms with Crippen LogP contribution in [0.25, 0.3) is 0 Å². The van der Waals surface area contributed by atoms with Crippen molar-refractivity contribution in [3.8, 4) is 0 Å². The predicted molar refractivity (Wildman–Crippen MR) is 71.4 cm³/mol. The van der Waals surface area contributed by atoms with Gasteiger partial charge in [0.05, 0.1) is 12.6 Å². The zero-order valence-corrected chi connectivity index (χ0v) is 11.5. The molecule has 3 heteroatoms. The molecule has 0 unspecified atom stereocenters. The Labute approximate surface area is 104 Å². The van der Waals surface area contributed by atoms with Gasteiger partial charge in [0, 0.05) is 0 Å². The number of benzene rings is 1. The van der Waals surface area contributed by atoms with E-state index in [4.69, 9.17) is 10.8 Å². The number of hydrogen-bond acceptors (Lipinski definition) is 2. The van der Waals surface area contributed by atoms with Gasteiger partial charge < -0.3 is 10.8 Å². The maximum atomic E-state index is 9.16. The normalized spacial score (nSPS) is 12.2. The minimum atomic E-state index is -0.261. The SMILES string of the molecule is Cc1c(C)c(C)c([C@@H](N)CO)c(C)c1C.Cl. The Morgan fingerprint density at radius 3 is 1.50 bits per heavy atom. The largest absolute Gasteiger partial charge is 0.394 e. The molecule has 0 aromatic heterocycles. The van der Waals surface area contributed by atoms with Crippen LogP contribution in [0, 0.1) is 34.6 Å². The van der Waals surface area contributed by atoms with E-state index in [-0.39, 0.29) is 25.1 Å². The van der Waals surface area contributed by atoms with Gasteiger partial charge in [0.2, 0.25) is 0 Å². The Morgan fingerprint density at radius 1 is 0.875 bits per heavy atom. The summed E-state index contributed by atoms with van der Waals surface area (Å²) in [4.78, 5) is 0. The van der Waals surface area contributed by atoms with Crippen molar-refractivity contribution >= 4 is 12.4 Å². The fraction of sp³-hybridized carbons (Fsp3) is 0.538. The van der Waals surface area contributed by atoms with Gasteiger partial charge in [0.15, 0.2) is 0 Å². The van der Waals surface area contributed by atoms with Gasteiger partial charge in [-0.1, -0.05) is 0 Å². The fourth-order valence-electron chi connectivity index (χ4n) is 2.18. The van der Waals surface area contributed by atoms with E-state index in [2.05, 4.69) is 34.6 Å². The van der Waals surface area contributed by atoms with Crippen molar-refractivity contribution in [3.05, 3.63) is 33.4 Å². The summed E-state index contributed by atoms with van der Waals surface area (Å²) in [6.45, 7) is 10.5. The van der Waals surface area contributed by atoms with E-state index in [1.165, 1.54) is 27.8 Å². The van der Waals surface area contributed by atoms with Crippen LogP contribution in [0.4, 0.5) is 0 Å². The van der Waals surface area contributed by atoms with Crippen molar-refractivity contribution in [2.24, 2.45) is 5.73 Å². The van der Waals surface area contributed by atoms with Gasteiger partial charge in [-0.05, 0) is 68.0 Å². The zero-order valence-electron chi connectivity index (χ0n) is 10.7. The Morgan fingerprint density at radius 2 is 1.19 bits per heavy atom. The summed E-state index contributed by atoms with van der Waals surface area (Å²) in [5.41, 5.74) is 13.4. The smallest absolute Gasteiger partial charge is 0.0624 e. The van der Waals surface area contributed by atoms with Crippen molar-refractivity contribution in [2.45, 2.75) is 40.7 Å². The van der Waals surface area contributed by atoms with Gasteiger partial charge in [-0.3, -0.25) is 0 Å². The van der Waals surface area contributed by atoms with Crippen LogP contribution in [0.5, 0.6) is 0 Å². The van der Waals surface area contributed by atoms with Gasteiger partial charge in [0.1, 0.15) is 0 Å². The Kier molecular flexibility index (Phi) is 5.47. The lowest BCUT2D eigenvalue weighted by atomic mass is 9.87. The average molecular weight is 244 g/mol. The number of halogens is 1. The number of nitrogens with two attached hydrogens (primary N) is 1. The number of aliphatic hydroxyl groups is 1. The van der Waals surface area contributed by atoms with Crippen LogP contribution in [-0.4, -0.2) is 11.7 Å². The van der Waals surface area contributed by atoms with E-state index in [9.17, 15) is 0 Å². The van der Waals surface area contributed by atoms with Crippen LogP contribution in [-0.2, 0) is 0 Å². The molecule has 0 saturated heterocycles. The molecule has 3 N–H and O–H groups in total. The minimum Gasteiger partial charge on any atom is -0.394 e. The molecule has 0 radical (unpaired) electrons. The summed E-state index contributed by atoms with van der Waals surface area (Å²) >= 11 is 0. The number of rotatable bonds is 2. The first-order chi connectivity index (χ1) is 6.91. The monoisotopic (exact) mass is 243 g/mol. The molecule has 0 saturated carbocycles. The number of hydrogen-bond donors (Lipinski definition) is 2. The van der Waals surface area contributed by atoms with Crippen LogP contribution >= 0.6 is 12.4 Å². The molecule has 0 aliphatic carbocycles. The summed E-state index contributed by atoms with van der Waals surface area (Å²) < 4.78 is 0. The summed E-state index contributed by atoms with van der Waals surface area (Å²) in [7, 11) is 0. The molecule has 2 nitrogen and oxygen atoms in total. The third-order valence-electron chi connectivity index (χ3n) is 3.63. The van der Waals surface area contributed by atoms with Crippen LogP contribution in [0.2, 0.25) is 0 Å². The highest BCUT2D eigenvalue weighted by molar-refractivity contribution is 5.85. The summed E-state index contributed by atoms with van der Waals surface area (Å²) in [5.74, 6) is 0. The van der Waals surface area contributed by atoms with Crippen molar-refractivity contribution < 1.29 is 5.11 Å². The lowest BCUT2D eigenvalue weighted by molar-refractivity contribution is 0.267. The maximum Gasteiger partial charge on any atom is 0.0624 e.